The van der Waals surface area contributed by atoms with Crippen LogP contribution in [0.5, 0.6) is 0 Å². The van der Waals surface area contributed by atoms with Crippen LogP contribution in [0.3, 0.4) is 0 Å². The Kier molecular flexibility index (Phi) is 5.33. The summed E-state index contributed by atoms with van der Waals surface area (Å²) in [7, 11) is 1.72. The molecule has 1 aliphatic rings. The predicted octanol–water partition coefficient (Wildman–Crippen LogP) is 3.05. The fourth-order valence-corrected chi connectivity index (χ4v) is 3.94. The van der Waals surface area contributed by atoms with E-state index in [1.54, 1.807) is 11.9 Å². The Balaban J connectivity index is 1.99. The first-order valence-corrected chi connectivity index (χ1v) is 8.25. The number of aromatic nitrogens is 1. The quantitative estimate of drug-likeness (QED) is 0.876. The third-order valence-corrected chi connectivity index (χ3v) is 5.25. The van der Waals surface area contributed by atoms with Gasteiger partial charge in [0.25, 0.3) is 5.91 Å². The highest BCUT2D eigenvalue weighted by molar-refractivity contribution is 7.13. The summed E-state index contributed by atoms with van der Waals surface area (Å²) < 4.78 is 0. The minimum atomic E-state index is -0.826. The summed E-state index contributed by atoms with van der Waals surface area (Å²) in [6.45, 7) is 2.34. The SMILES string of the molecule is Cc1nc(C2CCCC2)sc1C(=O)N(C)CCCC(=O)O. The van der Waals surface area contributed by atoms with E-state index >= 15 is 0 Å². The smallest absolute Gasteiger partial charge is 0.303 e. The van der Waals surface area contributed by atoms with E-state index < -0.39 is 5.97 Å². The van der Waals surface area contributed by atoms with Crippen LogP contribution in [-0.2, 0) is 4.79 Å². The van der Waals surface area contributed by atoms with Crippen molar-refractivity contribution < 1.29 is 14.7 Å². The molecule has 0 atom stereocenters. The van der Waals surface area contributed by atoms with Gasteiger partial charge >= 0.3 is 5.97 Å². The third-order valence-electron chi connectivity index (χ3n) is 3.94. The second-order valence-electron chi connectivity index (χ2n) is 5.67. The summed E-state index contributed by atoms with van der Waals surface area (Å²) in [5.41, 5.74) is 0.803. The molecule has 2 rings (SSSR count). The Bertz CT molecular complexity index is 521. The zero-order chi connectivity index (χ0) is 15.4. The maximum atomic E-state index is 12.4. The molecular weight excluding hydrogens is 288 g/mol. The van der Waals surface area contributed by atoms with E-state index in [1.807, 2.05) is 6.92 Å². The Morgan fingerprint density at radius 3 is 2.67 bits per heavy atom. The highest BCUT2D eigenvalue weighted by Gasteiger charge is 2.24. The highest BCUT2D eigenvalue weighted by atomic mass is 32.1. The number of hydrogen-bond acceptors (Lipinski definition) is 4. The maximum Gasteiger partial charge on any atom is 0.303 e. The van der Waals surface area contributed by atoms with Crippen LogP contribution in [0.4, 0.5) is 0 Å². The largest absolute Gasteiger partial charge is 0.481 e. The van der Waals surface area contributed by atoms with Gasteiger partial charge in [0.15, 0.2) is 0 Å². The van der Waals surface area contributed by atoms with Gasteiger partial charge in [-0.1, -0.05) is 12.8 Å². The third kappa shape index (κ3) is 4.03. The van der Waals surface area contributed by atoms with Crippen molar-refractivity contribution in [2.24, 2.45) is 0 Å². The zero-order valence-electron chi connectivity index (χ0n) is 12.6. The molecule has 116 valence electrons. The number of rotatable bonds is 6. The van der Waals surface area contributed by atoms with Gasteiger partial charge in [-0.25, -0.2) is 4.98 Å². The molecule has 0 spiro atoms. The fourth-order valence-electron chi connectivity index (χ4n) is 2.71. The van der Waals surface area contributed by atoms with Gasteiger partial charge in [-0.2, -0.15) is 0 Å². The highest BCUT2D eigenvalue weighted by Crippen LogP contribution is 2.37. The average molecular weight is 310 g/mol. The molecule has 0 aromatic carbocycles. The van der Waals surface area contributed by atoms with Crippen LogP contribution in [0, 0.1) is 6.92 Å². The van der Waals surface area contributed by atoms with E-state index in [9.17, 15) is 9.59 Å². The predicted molar refractivity (Wildman–Crippen MR) is 81.9 cm³/mol. The standard InChI is InChI=1S/C15H22N2O3S/c1-10-13(15(20)17(2)9-5-8-12(18)19)21-14(16-10)11-6-3-4-7-11/h11H,3-9H2,1-2H3,(H,18,19). The van der Waals surface area contributed by atoms with Crippen LogP contribution in [0.1, 0.15) is 64.8 Å². The molecule has 0 bridgehead atoms. The van der Waals surface area contributed by atoms with Crippen molar-refractivity contribution in [1.82, 2.24) is 9.88 Å². The van der Waals surface area contributed by atoms with Crippen molar-refractivity contribution in [3.63, 3.8) is 0 Å². The number of aryl methyl sites for hydroxylation is 1. The fraction of sp³-hybridized carbons (Fsp3) is 0.667. The molecule has 0 saturated heterocycles. The van der Waals surface area contributed by atoms with Crippen molar-refractivity contribution in [1.29, 1.82) is 0 Å². The molecule has 1 N–H and O–H groups in total. The molecule has 1 aromatic heterocycles. The summed E-state index contributed by atoms with van der Waals surface area (Å²) in [6.07, 6.45) is 5.42. The van der Waals surface area contributed by atoms with E-state index in [0.29, 0.717) is 23.8 Å². The van der Waals surface area contributed by atoms with Gasteiger partial charge in [0.2, 0.25) is 0 Å². The molecule has 1 heterocycles. The van der Waals surface area contributed by atoms with Crippen molar-refractivity contribution in [3.05, 3.63) is 15.6 Å². The minimum absolute atomic E-state index is 0.0420. The second kappa shape index (κ2) is 7.02. The molecule has 1 aliphatic carbocycles. The molecule has 6 heteroatoms. The number of carbonyl (C=O) groups is 2. The lowest BCUT2D eigenvalue weighted by molar-refractivity contribution is -0.137. The summed E-state index contributed by atoms with van der Waals surface area (Å²) in [5.74, 6) is -0.347. The van der Waals surface area contributed by atoms with Crippen molar-refractivity contribution in [3.8, 4) is 0 Å². The molecule has 1 saturated carbocycles. The Morgan fingerprint density at radius 1 is 1.38 bits per heavy atom. The van der Waals surface area contributed by atoms with Crippen molar-refractivity contribution >= 4 is 23.2 Å². The van der Waals surface area contributed by atoms with Gasteiger partial charge in [0.05, 0.1) is 10.7 Å². The average Bonchev–Trinajstić information content (AvgIpc) is 3.06. The van der Waals surface area contributed by atoms with Gasteiger partial charge in [-0.05, 0) is 26.2 Å². The van der Waals surface area contributed by atoms with Gasteiger partial charge in [-0.3, -0.25) is 9.59 Å². The molecular formula is C15H22N2O3S. The lowest BCUT2D eigenvalue weighted by Gasteiger charge is -2.15. The van der Waals surface area contributed by atoms with E-state index in [1.165, 1.54) is 37.0 Å². The Hall–Kier alpha value is -1.43. The minimum Gasteiger partial charge on any atom is -0.481 e. The number of nitrogens with zero attached hydrogens (tertiary/aromatic N) is 2. The van der Waals surface area contributed by atoms with E-state index in [-0.39, 0.29) is 12.3 Å². The van der Waals surface area contributed by atoms with Crippen LogP contribution >= 0.6 is 11.3 Å². The van der Waals surface area contributed by atoms with Crippen LogP contribution in [-0.4, -0.2) is 40.5 Å². The first-order chi connectivity index (χ1) is 9.99. The second-order valence-corrected chi connectivity index (χ2v) is 6.70. The number of aliphatic carboxylic acids is 1. The van der Waals surface area contributed by atoms with Crippen LogP contribution in [0.25, 0.3) is 0 Å². The Morgan fingerprint density at radius 2 is 2.05 bits per heavy atom. The van der Waals surface area contributed by atoms with Crippen LogP contribution < -0.4 is 0 Å². The van der Waals surface area contributed by atoms with Crippen LogP contribution in [0.2, 0.25) is 0 Å². The monoisotopic (exact) mass is 310 g/mol. The van der Waals surface area contributed by atoms with E-state index in [0.717, 1.165) is 10.7 Å². The normalized spacial score (nSPS) is 15.3. The van der Waals surface area contributed by atoms with E-state index in [2.05, 4.69) is 4.98 Å². The molecule has 0 unspecified atom stereocenters. The number of carbonyl (C=O) groups excluding carboxylic acids is 1. The number of carboxylic acids is 1. The van der Waals surface area contributed by atoms with Gasteiger partial charge < -0.3 is 10.0 Å². The summed E-state index contributed by atoms with van der Waals surface area (Å²) in [6, 6.07) is 0. The lowest BCUT2D eigenvalue weighted by Crippen LogP contribution is -2.27. The van der Waals surface area contributed by atoms with Gasteiger partial charge in [-0.15, -0.1) is 11.3 Å². The Labute approximate surface area is 129 Å². The summed E-state index contributed by atoms with van der Waals surface area (Å²) in [4.78, 5) is 29.8. The topological polar surface area (TPSA) is 70.5 Å². The molecule has 0 radical (unpaired) electrons. The lowest BCUT2D eigenvalue weighted by atomic mass is 10.1. The van der Waals surface area contributed by atoms with Gasteiger partial charge in [0, 0.05) is 25.9 Å². The summed E-state index contributed by atoms with van der Waals surface area (Å²) >= 11 is 1.51. The van der Waals surface area contributed by atoms with E-state index in [4.69, 9.17) is 5.11 Å². The molecule has 1 aromatic rings. The van der Waals surface area contributed by atoms with Crippen LogP contribution in [0.15, 0.2) is 0 Å². The number of carboxylic acid groups (broad SMARTS) is 1. The zero-order valence-corrected chi connectivity index (χ0v) is 13.4. The molecule has 5 nitrogen and oxygen atoms in total. The summed E-state index contributed by atoms with van der Waals surface area (Å²) in [5, 5.41) is 9.73. The maximum absolute atomic E-state index is 12.4. The van der Waals surface area contributed by atoms with Crippen molar-refractivity contribution in [2.75, 3.05) is 13.6 Å². The number of thiazole rings is 1. The molecule has 21 heavy (non-hydrogen) atoms. The number of hydrogen-bond donors (Lipinski definition) is 1. The molecule has 1 amide bonds. The first-order valence-electron chi connectivity index (χ1n) is 7.43. The molecule has 1 fully saturated rings. The van der Waals surface area contributed by atoms with Gasteiger partial charge in [0.1, 0.15) is 4.88 Å². The first kappa shape index (κ1) is 15.9. The number of amides is 1. The van der Waals surface area contributed by atoms with Crippen molar-refractivity contribution in [2.45, 2.75) is 51.4 Å². The molecule has 0 aliphatic heterocycles.